The molecule has 4 heteroatoms. The number of nitrogens with zero attached hydrogens (tertiary/aromatic N) is 1. The quantitative estimate of drug-likeness (QED) is 0.914. The highest BCUT2D eigenvalue weighted by atomic mass is 16.2. The second kappa shape index (κ2) is 6.07. The molecule has 1 saturated heterocycles. The Labute approximate surface area is 120 Å². The number of carbonyl (C=O) groups excluding carboxylic acids is 2. The molecule has 4 nitrogen and oxygen atoms in total. The van der Waals surface area contributed by atoms with E-state index >= 15 is 0 Å². The van der Waals surface area contributed by atoms with Crippen molar-refractivity contribution in [2.75, 3.05) is 18.0 Å². The van der Waals surface area contributed by atoms with E-state index in [9.17, 15) is 9.59 Å². The second-order valence-corrected chi connectivity index (χ2v) is 5.88. The Kier molecular flexibility index (Phi) is 4.42. The van der Waals surface area contributed by atoms with Crippen molar-refractivity contribution in [2.24, 2.45) is 11.8 Å². The first-order chi connectivity index (χ1) is 9.47. The molecule has 0 aromatic heterocycles. The fourth-order valence-electron chi connectivity index (χ4n) is 2.38. The van der Waals surface area contributed by atoms with Crippen LogP contribution in [0.1, 0.15) is 25.8 Å². The van der Waals surface area contributed by atoms with Gasteiger partial charge in [0.2, 0.25) is 11.8 Å². The SMILES string of the molecule is Cc1cccc(N2CC(C(=O)NCC(C)C)CC2=O)c1. The molecule has 1 unspecified atom stereocenters. The van der Waals surface area contributed by atoms with Crippen LogP contribution in [0.2, 0.25) is 0 Å². The lowest BCUT2D eigenvalue weighted by Gasteiger charge is -2.17. The molecule has 1 aromatic rings. The molecule has 1 atom stereocenters. The van der Waals surface area contributed by atoms with Gasteiger partial charge >= 0.3 is 0 Å². The molecule has 20 heavy (non-hydrogen) atoms. The summed E-state index contributed by atoms with van der Waals surface area (Å²) in [5.41, 5.74) is 2.00. The van der Waals surface area contributed by atoms with Gasteiger partial charge in [-0.3, -0.25) is 9.59 Å². The maximum Gasteiger partial charge on any atom is 0.227 e. The number of carbonyl (C=O) groups is 2. The number of benzene rings is 1. The van der Waals surface area contributed by atoms with Crippen LogP contribution in [0, 0.1) is 18.8 Å². The van der Waals surface area contributed by atoms with Gasteiger partial charge in [0.25, 0.3) is 0 Å². The van der Waals surface area contributed by atoms with Crippen molar-refractivity contribution in [3.05, 3.63) is 29.8 Å². The Morgan fingerprint density at radius 3 is 2.85 bits per heavy atom. The number of aryl methyl sites for hydroxylation is 1. The van der Waals surface area contributed by atoms with E-state index in [-0.39, 0.29) is 17.7 Å². The summed E-state index contributed by atoms with van der Waals surface area (Å²) in [7, 11) is 0. The minimum absolute atomic E-state index is 0.0118. The number of hydrogen-bond donors (Lipinski definition) is 1. The zero-order valence-electron chi connectivity index (χ0n) is 12.3. The molecule has 1 heterocycles. The number of anilines is 1. The van der Waals surface area contributed by atoms with Crippen LogP contribution in [0.15, 0.2) is 24.3 Å². The van der Waals surface area contributed by atoms with Crippen LogP contribution in [0.3, 0.4) is 0 Å². The van der Waals surface area contributed by atoms with Crippen molar-refractivity contribution >= 4 is 17.5 Å². The maximum absolute atomic E-state index is 12.1. The summed E-state index contributed by atoms with van der Waals surface area (Å²) < 4.78 is 0. The number of rotatable bonds is 4. The van der Waals surface area contributed by atoms with Crippen LogP contribution >= 0.6 is 0 Å². The lowest BCUT2D eigenvalue weighted by Crippen LogP contribution is -2.35. The monoisotopic (exact) mass is 274 g/mol. The summed E-state index contributed by atoms with van der Waals surface area (Å²) >= 11 is 0. The Morgan fingerprint density at radius 2 is 2.20 bits per heavy atom. The highest BCUT2D eigenvalue weighted by Crippen LogP contribution is 2.25. The van der Waals surface area contributed by atoms with Gasteiger partial charge in [-0.25, -0.2) is 0 Å². The summed E-state index contributed by atoms with van der Waals surface area (Å²) in [4.78, 5) is 25.8. The third kappa shape index (κ3) is 3.38. The second-order valence-electron chi connectivity index (χ2n) is 5.88. The van der Waals surface area contributed by atoms with Crippen molar-refractivity contribution < 1.29 is 9.59 Å². The maximum atomic E-state index is 12.1. The molecule has 108 valence electrons. The van der Waals surface area contributed by atoms with Gasteiger partial charge in [-0.2, -0.15) is 0 Å². The Hall–Kier alpha value is -1.84. The molecule has 1 N–H and O–H groups in total. The minimum atomic E-state index is -0.234. The van der Waals surface area contributed by atoms with Gasteiger partial charge in [0.15, 0.2) is 0 Å². The molecule has 2 rings (SSSR count). The highest BCUT2D eigenvalue weighted by Gasteiger charge is 2.34. The molecule has 1 aromatic carbocycles. The van der Waals surface area contributed by atoms with E-state index in [1.165, 1.54) is 0 Å². The van der Waals surface area contributed by atoms with Crippen LogP contribution in [0.5, 0.6) is 0 Å². The van der Waals surface area contributed by atoms with Crippen LogP contribution in [0.25, 0.3) is 0 Å². The predicted molar refractivity (Wildman–Crippen MR) is 79.5 cm³/mol. The summed E-state index contributed by atoms with van der Waals surface area (Å²) in [5, 5.41) is 2.91. The van der Waals surface area contributed by atoms with E-state index in [2.05, 4.69) is 19.2 Å². The molecule has 0 spiro atoms. The fourth-order valence-corrected chi connectivity index (χ4v) is 2.38. The summed E-state index contributed by atoms with van der Waals surface area (Å²) in [6, 6.07) is 7.83. The average Bonchev–Trinajstić information content (AvgIpc) is 2.78. The molecule has 1 aliphatic heterocycles. The lowest BCUT2D eigenvalue weighted by molar-refractivity contribution is -0.126. The van der Waals surface area contributed by atoms with Gasteiger partial charge in [0, 0.05) is 25.2 Å². The van der Waals surface area contributed by atoms with Crippen LogP contribution in [0.4, 0.5) is 5.69 Å². The minimum Gasteiger partial charge on any atom is -0.356 e. The van der Waals surface area contributed by atoms with Crippen LogP contribution < -0.4 is 10.2 Å². The zero-order chi connectivity index (χ0) is 14.7. The van der Waals surface area contributed by atoms with E-state index in [0.717, 1.165) is 11.3 Å². The Balaban J connectivity index is 2.02. The average molecular weight is 274 g/mol. The Bertz CT molecular complexity index is 511. The van der Waals surface area contributed by atoms with Crippen molar-refractivity contribution in [1.82, 2.24) is 5.32 Å². The fraction of sp³-hybridized carbons (Fsp3) is 0.500. The van der Waals surface area contributed by atoms with Gasteiger partial charge in [0.05, 0.1) is 5.92 Å². The van der Waals surface area contributed by atoms with Gasteiger partial charge in [-0.1, -0.05) is 26.0 Å². The van der Waals surface area contributed by atoms with Crippen molar-refractivity contribution in [3.8, 4) is 0 Å². The van der Waals surface area contributed by atoms with Crippen molar-refractivity contribution in [2.45, 2.75) is 27.2 Å². The summed E-state index contributed by atoms with van der Waals surface area (Å²) in [5.74, 6) is 0.202. The van der Waals surface area contributed by atoms with E-state index < -0.39 is 0 Å². The van der Waals surface area contributed by atoms with E-state index in [4.69, 9.17) is 0 Å². The van der Waals surface area contributed by atoms with Gasteiger partial charge in [-0.05, 0) is 30.5 Å². The molecular weight excluding hydrogens is 252 g/mol. The molecule has 0 aliphatic carbocycles. The number of nitrogens with one attached hydrogen (secondary N) is 1. The highest BCUT2D eigenvalue weighted by molar-refractivity contribution is 6.00. The standard InChI is InChI=1S/C16H22N2O2/c1-11(2)9-17-16(20)13-8-15(19)18(10-13)14-6-4-5-12(3)7-14/h4-7,11,13H,8-10H2,1-3H3,(H,17,20). The van der Waals surface area contributed by atoms with Gasteiger partial charge in [-0.15, -0.1) is 0 Å². The first-order valence-electron chi connectivity index (χ1n) is 7.12. The summed E-state index contributed by atoms with van der Waals surface area (Å²) in [6.45, 7) is 7.25. The molecule has 1 fully saturated rings. The van der Waals surface area contributed by atoms with Gasteiger partial charge < -0.3 is 10.2 Å². The topological polar surface area (TPSA) is 49.4 Å². The van der Waals surface area contributed by atoms with Crippen LogP contribution in [-0.4, -0.2) is 24.9 Å². The predicted octanol–water partition coefficient (Wildman–Crippen LogP) is 2.12. The largest absolute Gasteiger partial charge is 0.356 e. The van der Waals surface area contributed by atoms with Gasteiger partial charge in [0.1, 0.15) is 0 Å². The first kappa shape index (κ1) is 14.6. The third-order valence-corrected chi connectivity index (χ3v) is 3.49. The zero-order valence-corrected chi connectivity index (χ0v) is 12.3. The van der Waals surface area contributed by atoms with Crippen LogP contribution in [-0.2, 0) is 9.59 Å². The molecule has 0 radical (unpaired) electrons. The number of hydrogen-bond acceptors (Lipinski definition) is 2. The molecule has 0 bridgehead atoms. The summed E-state index contributed by atoms with van der Waals surface area (Å²) in [6.07, 6.45) is 0.303. The molecule has 1 aliphatic rings. The molecule has 2 amide bonds. The lowest BCUT2D eigenvalue weighted by atomic mass is 10.1. The normalized spacial score (nSPS) is 18.7. The molecular formula is C16H22N2O2. The first-order valence-corrected chi connectivity index (χ1v) is 7.12. The van der Waals surface area contributed by atoms with E-state index in [1.807, 2.05) is 31.2 Å². The smallest absolute Gasteiger partial charge is 0.227 e. The third-order valence-electron chi connectivity index (χ3n) is 3.49. The number of amides is 2. The molecule has 0 saturated carbocycles. The van der Waals surface area contributed by atoms with Crippen molar-refractivity contribution in [3.63, 3.8) is 0 Å². The van der Waals surface area contributed by atoms with Crippen molar-refractivity contribution in [1.29, 1.82) is 0 Å². The van der Waals surface area contributed by atoms with E-state index in [0.29, 0.717) is 25.4 Å². The Morgan fingerprint density at radius 1 is 1.45 bits per heavy atom. The van der Waals surface area contributed by atoms with E-state index in [1.54, 1.807) is 4.90 Å².